The first-order chi connectivity index (χ1) is 10.3. The zero-order chi connectivity index (χ0) is 16.2. The van der Waals surface area contributed by atoms with E-state index in [0.717, 1.165) is 11.6 Å². The Morgan fingerprint density at radius 2 is 1.82 bits per heavy atom. The van der Waals surface area contributed by atoms with Gasteiger partial charge in [-0.05, 0) is 23.8 Å². The van der Waals surface area contributed by atoms with Gasteiger partial charge in [-0.15, -0.1) is 24.9 Å². The molecule has 0 spiro atoms. The van der Waals surface area contributed by atoms with Gasteiger partial charge in [0.15, 0.2) is 0 Å². The van der Waals surface area contributed by atoms with Gasteiger partial charge in [-0.1, -0.05) is 30.3 Å². The highest BCUT2D eigenvalue weighted by molar-refractivity contribution is 7.98. The van der Waals surface area contributed by atoms with Gasteiger partial charge >= 0.3 is 12.3 Å². The van der Waals surface area contributed by atoms with Crippen LogP contribution in [0, 0.1) is 0 Å². The minimum atomic E-state index is -4.86. The number of thioether (sulfide) groups is 1. The van der Waals surface area contributed by atoms with Crippen LogP contribution < -0.4 is 4.74 Å². The molecule has 0 unspecified atom stereocenters. The molecule has 0 fully saturated rings. The molecule has 22 heavy (non-hydrogen) atoms. The minimum absolute atomic E-state index is 0.252. The average Bonchev–Trinajstić information content (AvgIpc) is 2.44. The van der Waals surface area contributed by atoms with Gasteiger partial charge in [-0.2, -0.15) is 0 Å². The monoisotopic (exact) mass is 328 g/mol. The zero-order valence-electron chi connectivity index (χ0n) is 11.1. The normalized spacial score (nSPS) is 11.2. The minimum Gasteiger partial charge on any atom is -0.478 e. The number of aromatic carboxylic acids is 1. The SMILES string of the molecule is O=C(O)c1cc(OC(F)(F)F)cc(SCc2ccccc2)c1. The molecular weight excluding hydrogens is 317 g/mol. The Bertz CT molecular complexity index is 657. The lowest BCUT2D eigenvalue weighted by molar-refractivity contribution is -0.274. The smallest absolute Gasteiger partial charge is 0.478 e. The van der Waals surface area contributed by atoms with E-state index in [1.165, 1.54) is 23.9 Å². The van der Waals surface area contributed by atoms with Crippen LogP contribution in [0.5, 0.6) is 5.75 Å². The molecule has 116 valence electrons. The lowest BCUT2D eigenvalue weighted by atomic mass is 10.2. The van der Waals surface area contributed by atoms with E-state index < -0.39 is 18.1 Å². The third-order valence-electron chi connectivity index (χ3n) is 2.61. The molecule has 0 amide bonds. The molecule has 0 saturated carbocycles. The van der Waals surface area contributed by atoms with Gasteiger partial charge in [-0.25, -0.2) is 4.79 Å². The van der Waals surface area contributed by atoms with Crippen LogP contribution >= 0.6 is 11.8 Å². The summed E-state index contributed by atoms with van der Waals surface area (Å²) in [4.78, 5) is 11.4. The predicted molar refractivity (Wildman–Crippen MR) is 76.1 cm³/mol. The van der Waals surface area contributed by atoms with Crippen molar-refractivity contribution in [1.29, 1.82) is 0 Å². The summed E-state index contributed by atoms with van der Waals surface area (Å²) in [5.41, 5.74) is 0.726. The van der Waals surface area contributed by atoms with Gasteiger partial charge in [0.05, 0.1) is 5.56 Å². The van der Waals surface area contributed by atoms with E-state index in [1.807, 2.05) is 30.3 Å². The van der Waals surface area contributed by atoms with Gasteiger partial charge in [0.25, 0.3) is 0 Å². The van der Waals surface area contributed by atoms with Gasteiger partial charge in [0, 0.05) is 10.6 Å². The van der Waals surface area contributed by atoms with Crippen molar-refractivity contribution in [2.24, 2.45) is 0 Å². The topological polar surface area (TPSA) is 46.5 Å². The molecule has 0 bridgehead atoms. The predicted octanol–water partition coefficient (Wildman–Crippen LogP) is 4.58. The van der Waals surface area contributed by atoms with E-state index in [4.69, 9.17) is 5.11 Å². The molecule has 0 saturated heterocycles. The molecular formula is C15H11F3O3S. The number of ether oxygens (including phenoxy) is 1. The van der Waals surface area contributed by atoms with Crippen molar-refractivity contribution >= 4 is 17.7 Å². The van der Waals surface area contributed by atoms with Crippen molar-refractivity contribution in [2.75, 3.05) is 0 Å². The van der Waals surface area contributed by atoms with Crippen LogP contribution in [-0.4, -0.2) is 17.4 Å². The summed E-state index contributed by atoms with van der Waals surface area (Å²) in [5.74, 6) is -1.34. The number of hydrogen-bond donors (Lipinski definition) is 1. The molecule has 0 radical (unpaired) electrons. The molecule has 0 aliphatic heterocycles. The molecule has 1 N–H and O–H groups in total. The molecule has 7 heteroatoms. The summed E-state index contributed by atoms with van der Waals surface area (Å²) in [5, 5.41) is 8.97. The van der Waals surface area contributed by atoms with Gasteiger partial charge in [0.1, 0.15) is 5.75 Å². The van der Waals surface area contributed by atoms with Crippen LogP contribution in [0.4, 0.5) is 13.2 Å². The molecule has 3 nitrogen and oxygen atoms in total. The number of alkyl halides is 3. The van der Waals surface area contributed by atoms with Crippen LogP contribution in [-0.2, 0) is 5.75 Å². The maximum atomic E-state index is 12.3. The van der Waals surface area contributed by atoms with Crippen LogP contribution in [0.15, 0.2) is 53.4 Å². The summed E-state index contributed by atoms with van der Waals surface area (Å²) in [6, 6.07) is 12.6. The van der Waals surface area contributed by atoms with Gasteiger partial charge in [-0.3, -0.25) is 0 Å². The summed E-state index contributed by atoms with van der Waals surface area (Å²) in [6.45, 7) is 0. The number of carboxylic acid groups (broad SMARTS) is 1. The largest absolute Gasteiger partial charge is 0.573 e. The molecule has 0 heterocycles. The number of halogens is 3. The molecule has 2 rings (SSSR count). The first-order valence-corrected chi connectivity index (χ1v) is 7.13. The molecule has 0 aliphatic rings. The van der Waals surface area contributed by atoms with E-state index in [9.17, 15) is 18.0 Å². The number of benzene rings is 2. The second-order valence-electron chi connectivity index (χ2n) is 4.32. The number of carbonyl (C=O) groups is 1. The summed E-state index contributed by atoms with van der Waals surface area (Å²) < 4.78 is 40.6. The number of carboxylic acids is 1. The quantitative estimate of drug-likeness (QED) is 0.816. The average molecular weight is 328 g/mol. The highest BCUT2D eigenvalue weighted by Gasteiger charge is 2.31. The molecule has 0 aliphatic carbocycles. The third-order valence-corrected chi connectivity index (χ3v) is 3.66. The number of rotatable bonds is 5. The lowest BCUT2D eigenvalue weighted by Crippen LogP contribution is -2.17. The number of hydrogen-bond acceptors (Lipinski definition) is 3. The lowest BCUT2D eigenvalue weighted by Gasteiger charge is -2.11. The first-order valence-electron chi connectivity index (χ1n) is 6.14. The Hall–Kier alpha value is -2.15. The van der Waals surface area contributed by atoms with Crippen molar-refractivity contribution in [3.63, 3.8) is 0 Å². The van der Waals surface area contributed by atoms with Crippen molar-refractivity contribution in [3.8, 4) is 5.75 Å². The molecule has 2 aromatic carbocycles. The van der Waals surface area contributed by atoms with Crippen LogP contribution in [0.25, 0.3) is 0 Å². The summed E-state index contributed by atoms with van der Waals surface area (Å²) in [6.07, 6.45) is -4.86. The van der Waals surface area contributed by atoms with Gasteiger partial charge in [0.2, 0.25) is 0 Å². The summed E-state index contributed by atoms with van der Waals surface area (Å²) >= 11 is 1.23. The Labute approximate surface area is 128 Å². The van der Waals surface area contributed by atoms with Crippen molar-refractivity contribution in [3.05, 3.63) is 59.7 Å². The highest BCUT2D eigenvalue weighted by atomic mass is 32.2. The fraction of sp³-hybridized carbons (Fsp3) is 0.133. The van der Waals surface area contributed by atoms with Gasteiger partial charge < -0.3 is 9.84 Å². The Kier molecular flexibility index (Phi) is 4.97. The zero-order valence-corrected chi connectivity index (χ0v) is 11.9. The fourth-order valence-electron chi connectivity index (χ4n) is 1.71. The Morgan fingerprint density at radius 3 is 2.41 bits per heavy atom. The van der Waals surface area contributed by atoms with Crippen molar-refractivity contribution in [2.45, 2.75) is 17.0 Å². The third kappa shape index (κ3) is 5.00. The fourth-order valence-corrected chi connectivity index (χ4v) is 2.65. The van der Waals surface area contributed by atoms with E-state index >= 15 is 0 Å². The van der Waals surface area contributed by atoms with Crippen molar-refractivity contribution < 1.29 is 27.8 Å². The standard InChI is InChI=1S/C15H11F3O3S/c16-15(17,18)21-12-6-11(14(19)20)7-13(8-12)22-9-10-4-2-1-3-5-10/h1-8H,9H2,(H,19,20). The maximum Gasteiger partial charge on any atom is 0.573 e. The van der Waals surface area contributed by atoms with E-state index in [1.54, 1.807) is 0 Å². The Morgan fingerprint density at radius 1 is 1.14 bits per heavy atom. The molecule has 0 aromatic heterocycles. The van der Waals surface area contributed by atoms with Crippen LogP contribution in [0.1, 0.15) is 15.9 Å². The molecule has 0 atom stereocenters. The van der Waals surface area contributed by atoms with Crippen molar-refractivity contribution in [1.82, 2.24) is 0 Å². The van der Waals surface area contributed by atoms with E-state index in [-0.39, 0.29) is 5.56 Å². The van der Waals surface area contributed by atoms with E-state index in [2.05, 4.69) is 4.74 Å². The molecule has 2 aromatic rings. The maximum absolute atomic E-state index is 12.3. The van der Waals surface area contributed by atoms with Crippen LogP contribution in [0.2, 0.25) is 0 Å². The second-order valence-corrected chi connectivity index (χ2v) is 5.37. The first kappa shape index (κ1) is 16.2. The summed E-state index contributed by atoms with van der Waals surface area (Å²) in [7, 11) is 0. The van der Waals surface area contributed by atoms with Crippen LogP contribution in [0.3, 0.4) is 0 Å². The highest BCUT2D eigenvalue weighted by Crippen LogP contribution is 2.31. The Balaban J connectivity index is 2.20. The second kappa shape index (κ2) is 6.74. The van der Waals surface area contributed by atoms with E-state index in [0.29, 0.717) is 10.6 Å².